The van der Waals surface area contributed by atoms with Crippen molar-refractivity contribution in [2.45, 2.75) is 11.5 Å². The molecule has 0 unspecified atom stereocenters. The average molecular weight is 397 g/mol. The maximum atomic E-state index is 11.6. The monoisotopic (exact) mass is 397 g/mol. The predicted octanol–water partition coefficient (Wildman–Crippen LogP) is 2.50. The predicted molar refractivity (Wildman–Crippen MR) is 99.0 cm³/mol. The maximum Gasteiger partial charge on any atom is 0.264 e. The lowest BCUT2D eigenvalue weighted by atomic mass is 10.1. The van der Waals surface area contributed by atoms with Crippen molar-refractivity contribution < 1.29 is 17.7 Å². The van der Waals surface area contributed by atoms with E-state index in [1.807, 2.05) is 24.3 Å². The molecule has 4 rings (SSSR count). The second-order valence-corrected chi connectivity index (χ2v) is 7.98. The van der Waals surface area contributed by atoms with Crippen molar-refractivity contribution in [3.05, 3.63) is 60.7 Å². The standard InChI is InChI=1S/C18H15N5O4S/c1-28(24,25)15-7-3-6-14(9-15)26-10-16-21-18(23-27-16)13-5-2-4-12(8-13)17-19-11-20-22-17/h2-9,11H,10H2,1H3,(H,19,20,22). The molecule has 0 amide bonds. The minimum absolute atomic E-state index is 0.0159. The van der Waals surface area contributed by atoms with Gasteiger partial charge in [-0.3, -0.25) is 5.10 Å². The topological polar surface area (TPSA) is 124 Å². The minimum atomic E-state index is -3.31. The Balaban J connectivity index is 1.49. The SMILES string of the molecule is CS(=O)(=O)c1cccc(OCc2nc(-c3cccc(-c4ncn[nH]4)c3)no2)c1. The lowest BCUT2D eigenvalue weighted by molar-refractivity contribution is 0.242. The lowest BCUT2D eigenvalue weighted by Gasteiger charge is -2.04. The molecule has 2 aromatic carbocycles. The van der Waals surface area contributed by atoms with Crippen molar-refractivity contribution in [1.82, 2.24) is 25.3 Å². The highest BCUT2D eigenvalue weighted by Crippen LogP contribution is 2.23. The minimum Gasteiger partial charge on any atom is -0.484 e. The number of nitrogens with one attached hydrogen (secondary N) is 1. The lowest BCUT2D eigenvalue weighted by Crippen LogP contribution is -1.99. The highest BCUT2D eigenvalue weighted by Gasteiger charge is 2.12. The van der Waals surface area contributed by atoms with Gasteiger partial charge in [0.25, 0.3) is 5.89 Å². The molecule has 1 N–H and O–H groups in total. The molecule has 0 aliphatic heterocycles. The Morgan fingerprint density at radius 3 is 2.71 bits per heavy atom. The van der Waals surface area contributed by atoms with Crippen molar-refractivity contribution in [2.75, 3.05) is 6.26 Å². The van der Waals surface area contributed by atoms with Crippen molar-refractivity contribution in [3.8, 4) is 28.5 Å². The highest BCUT2D eigenvalue weighted by atomic mass is 32.2. The van der Waals surface area contributed by atoms with E-state index in [-0.39, 0.29) is 17.4 Å². The first kappa shape index (κ1) is 17.9. The molecular formula is C18H15N5O4S. The maximum absolute atomic E-state index is 11.6. The zero-order valence-electron chi connectivity index (χ0n) is 14.7. The van der Waals surface area contributed by atoms with Crippen LogP contribution in [0, 0.1) is 0 Å². The van der Waals surface area contributed by atoms with Gasteiger partial charge in [0.15, 0.2) is 22.3 Å². The zero-order chi connectivity index (χ0) is 19.6. The van der Waals surface area contributed by atoms with E-state index < -0.39 is 9.84 Å². The fourth-order valence-electron chi connectivity index (χ4n) is 2.52. The zero-order valence-corrected chi connectivity index (χ0v) is 15.5. The van der Waals surface area contributed by atoms with Crippen LogP contribution in [-0.2, 0) is 16.4 Å². The van der Waals surface area contributed by atoms with E-state index in [1.54, 1.807) is 12.1 Å². The van der Waals surface area contributed by atoms with Gasteiger partial charge in [0, 0.05) is 17.4 Å². The number of aromatic nitrogens is 5. The van der Waals surface area contributed by atoms with Crippen LogP contribution in [0.5, 0.6) is 5.75 Å². The molecule has 0 aliphatic rings. The van der Waals surface area contributed by atoms with Gasteiger partial charge in [-0.2, -0.15) is 10.1 Å². The van der Waals surface area contributed by atoms with Gasteiger partial charge in [-0.05, 0) is 24.3 Å². The largest absolute Gasteiger partial charge is 0.484 e. The van der Waals surface area contributed by atoms with Gasteiger partial charge < -0.3 is 9.26 Å². The summed E-state index contributed by atoms with van der Waals surface area (Å²) in [4.78, 5) is 8.62. The van der Waals surface area contributed by atoms with Gasteiger partial charge in [-0.25, -0.2) is 13.4 Å². The summed E-state index contributed by atoms with van der Waals surface area (Å²) in [5, 5.41) is 10.6. The molecule has 28 heavy (non-hydrogen) atoms. The molecule has 142 valence electrons. The van der Waals surface area contributed by atoms with E-state index in [4.69, 9.17) is 9.26 Å². The van der Waals surface area contributed by atoms with E-state index in [0.29, 0.717) is 17.4 Å². The molecule has 0 saturated carbocycles. The third-order valence-corrected chi connectivity index (χ3v) is 4.98. The molecule has 0 aliphatic carbocycles. The smallest absolute Gasteiger partial charge is 0.264 e. The number of nitrogens with zero attached hydrogens (tertiary/aromatic N) is 4. The number of hydrogen-bond donors (Lipinski definition) is 1. The normalized spacial score (nSPS) is 11.5. The molecule has 0 atom stereocenters. The third kappa shape index (κ3) is 3.91. The van der Waals surface area contributed by atoms with E-state index >= 15 is 0 Å². The summed E-state index contributed by atoms with van der Waals surface area (Å²) >= 11 is 0. The summed E-state index contributed by atoms with van der Waals surface area (Å²) in [6.07, 6.45) is 2.58. The Morgan fingerprint density at radius 2 is 1.93 bits per heavy atom. The Kier molecular flexibility index (Phi) is 4.62. The molecule has 0 fully saturated rings. The Morgan fingerprint density at radius 1 is 1.11 bits per heavy atom. The van der Waals surface area contributed by atoms with Crippen molar-refractivity contribution >= 4 is 9.84 Å². The third-order valence-electron chi connectivity index (χ3n) is 3.87. The van der Waals surface area contributed by atoms with Crippen LogP contribution >= 0.6 is 0 Å². The summed E-state index contributed by atoms with van der Waals surface area (Å²) in [5.41, 5.74) is 1.60. The molecule has 10 heteroatoms. The van der Waals surface area contributed by atoms with Gasteiger partial charge in [0.1, 0.15) is 12.1 Å². The summed E-state index contributed by atoms with van der Waals surface area (Å²) in [6, 6.07) is 13.7. The average Bonchev–Trinajstić information content (AvgIpc) is 3.38. The van der Waals surface area contributed by atoms with Crippen molar-refractivity contribution in [2.24, 2.45) is 0 Å². The Hall–Kier alpha value is -3.53. The number of sulfone groups is 1. The Bertz CT molecular complexity index is 1200. The van der Waals surface area contributed by atoms with Gasteiger partial charge in [-0.1, -0.05) is 29.4 Å². The highest BCUT2D eigenvalue weighted by molar-refractivity contribution is 7.90. The first-order valence-corrected chi connectivity index (χ1v) is 10.1. The van der Waals surface area contributed by atoms with Gasteiger partial charge >= 0.3 is 0 Å². The quantitative estimate of drug-likeness (QED) is 0.526. The summed E-state index contributed by atoms with van der Waals surface area (Å²) in [6.45, 7) is 0.0159. The molecule has 2 aromatic heterocycles. The number of hydrogen-bond acceptors (Lipinski definition) is 8. The number of rotatable bonds is 6. The molecule has 0 bridgehead atoms. The second-order valence-electron chi connectivity index (χ2n) is 5.96. The van der Waals surface area contributed by atoms with Crippen molar-refractivity contribution in [1.29, 1.82) is 0 Å². The van der Waals surface area contributed by atoms with Crippen LogP contribution in [0.25, 0.3) is 22.8 Å². The van der Waals surface area contributed by atoms with Crippen LogP contribution in [0.1, 0.15) is 5.89 Å². The molecule has 0 saturated heterocycles. The summed E-state index contributed by atoms with van der Waals surface area (Å²) in [5.74, 6) is 1.71. The first-order valence-electron chi connectivity index (χ1n) is 8.21. The Labute approximate surface area is 160 Å². The van der Waals surface area contributed by atoms with E-state index in [1.165, 1.54) is 18.5 Å². The first-order chi connectivity index (χ1) is 13.5. The number of aromatic amines is 1. The molecule has 0 radical (unpaired) electrons. The van der Waals surface area contributed by atoms with Crippen LogP contribution in [0.15, 0.2) is 64.3 Å². The molecule has 9 nitrogen and oxygen atoms in total. The molecule has 0 spiro atoms. The fourth-order valence-corrected chi connectivity index (χ4v) is 3.18. The number of H-pyrrole nitrogens is 1. The fraction of sp³-hybridized carbons (Fsp3) is 0.111. The summed E-state index contributed by atoms with van der Waals surface area (Å²) < 4.78 is 34.1. The molecule has 2 heterocycles. The van der Waals surface area contributed by atoms with Crippen molar-refractivity contribution in [3.63, 3.8) is 0 Å². The van der Waals surface area contributed by atoms with Crippen LogP contribution in [0.4, 0.5) is 0 Å². The number of ether oxygens (including phenoxy) is 1. The number of benzene rings is 2. The van der Waals surface area contributed by atoms with Crippen LogP contribution in [0.2, 0.25) is 0 Å². The summed E-state index contributed by atoms with van der Waals surface area (Å²) in [7, 11) is -3.31. The van der Waals surface area contributed by atoms with E-state index in [0.717, 1.165) is 17.4 Å². The molecule has 4 aromatic rings. The van der Waals surface area contributed by atoms with Crippen LogP contribution in [0.3, 0.4) is 0 Å². The van der Waals surface area contributed by atoms with Gasteiger partial charge in [-0.15, -0.1) is 0 Å². The van der Waals surface area contributed by atoms with Gasteiger partial charge in [0.05, 0.1) is 4.90 Å². The molecular weight excluding hydrogens is 382 g/mol. The van der Waals surface area contributed by atoms with Gasteiger partial charge in [0.2, 0.25) is 5.82 Å². The van der Waals surface area contributed by atoms with E-state index in [9.17, 15) is 8.42 Å². The van der Waals surface area contributed by atoms with Crippen LogP contribution in [-0.4, -0.2) is 40.0 Å². The van der Waals surface area contributed by atoms with E-state index in [2.05, 4.69) is 25.3 Å². The van der Waals surface area contributed by atoms with Crippen LogP contribution < -0.4 is 4.74 Å². The second kappa shape index (κ2) is 7.24.